The van der Waals surface area contributed by atoms with E-state index in [2.05, 4.69) is 43.0 Å². The van der Waals surface area contributed by atoms with Crippen LogP contribution in [0.5, 0.6) is 11.5 Å². The van der Waals surface area contributed by atoms with Gasteiger partial charge in [0.15, 0.2) is 11.5 Å². The molecule has 0 aromatic heterocycles. The van der Waals surface area contributed by atoms with Crippen molar-refractivity contribution >= 4 is 5.97 Å². The third-order valence-corrected chi connectivity index (χ3v) is 4.64. The van der Waals surface area contributed by atoms with E-state index in [-0.39, 0.29) is 6.61 Å². The summed E-state index contributed by atoms with van der Waals surface area (Å²) < 4.78 is 15.7. The van der Waals surface area contributed by atoms with Crippen LogP contribution in [0.4, 0.5) is 0 Å². The Labute approximate surface area is 173 Å². The molecule has 0 saturated carbocycles. The van der Waals surface area contributed by atoms with Crippen LogP contribution in [0, 0.1) is 0 Å². The van der Waals surface area contributed by atoms with E-state index in [0.717, 1.165) is 6.54 Å². The number of ether oxygens (including phenoxy) is 3. The van der Waals surface area contributed by atoms with Gasteiger partial charge in [-0.05, 0) is 42.3 Å². The summed E-state index contributed by atoms with van der Waals surface area (Å²) in [7, 11) is 4.79. The maximum Gasteiger partial charge on any atom is 0.337 e. The molecule has 2 aromatic carbocycles. The summed E-state index contributed by atoms with van der Waals surface area (Å²) >= 11 is 0. The van der Waals surface area contributed by atoms with Gasteiger partial charge in [0.05, 0.1) is 19.8 Å². The number of nitrogens with zero attached hydrogens (tertiary/aromatic N) is 1. The third kappa shape index (κ3) is 6.76. The number of hydrogen-bond acceptors (Lipinski definition) is 6. The fourth-order valence-electron chi connectivity index (χ4n) is 3.01. The lowest BCUT2D eigenvalue weighted by atomic mass is 10.0. The number of hydrogen-bond donors (Lipinski definition) is 1. The average Bonchev–Trinajstić information content (AvgIpc) is 2.71. The highest BCUT2D eigenvalue weighted by molar-refractivity contribution is 5.90. The maximum absolute atomic E-state index is 11.6. The van der Waals surface area contributed by atoms with Crippen molar-refractivity contribution in [1.29, 1.82) is 0 Å². The number of likely N-dealkylation sites (N-methyl/N-ethyl adjacent to an activating group) is 1. The molecule has 0 aliphatic heterocycles. The van der Waals surface area contributed by atoms with Crippen LogP contribution in [-0.2, 0) is 11.3 Å². The molecule has 0 fully saturated rings. The SMILES string of the molecule is COC(=O)c1ccc(OCC(O)CN(C)Cc2ccc(C(C)C)cc2)c(OC)c1. The van der Waals surface area contributed by atoms with Crippen molar-refractivity contribution in [2.45, 2.75) is 32.4 Å². The predicted octanol–water partition coefficient (Wildman–Crippen LogP) is 3.48. The molecule has 0 aliphatic carbocycles. The second-order valence-corrected chi connectivity index (χ2v) is 7.42. The first-order valence-electron chi connectivity index (χ1n) is 9.68. The fraction of sp³-hybridized carbons (Fsp3) is 0.435. The molecule has 0 bridgehead atoms. The second-order valence-electron chi connectivity index (χ2n) is 7.42. The highest BCUT2D eigenvalue weighted by atomic mass is 16.5. The predicted molar refractivity (Wildman–Crippen MR) is 113 cm³/mol. The van der Waals surface area contributed by atoms with Crippen LogP contribution in [-0.4, -0.2) is 56.5 Å². The van der Waals surface area contributed by atoms with Gasteiger partial charge in [0, 0.05) is 13.1 Å². The molecule has 29 heavy (non-hydrogen) atoms. The van der Waals surface area contributed by atoms with E-state index in [1.165, 1.54) is 25.3 Å². The van der Waals surface area contributed by atoms with E-state index >= 15 is 0 Å². The number of carbonyl (C=O) groups is 1. The van der Waals surface area contributed by atoms with Crippen LogP contribution in [0.15, 0.2) is 42.5 Å². The van der Waals surface area contributed by atoms with Crippen molar-refractivity contribution in [3.8, 4) is 11.5 Å². The van der Waals surface area contributed by atoms with Crippen LogP contribution >= 0.6 is 0 Å². The van der Waals surface area contributed by atoms with Crippen LogP contribution in [0.25, 0.3) is 0 Å². The fourth-order valence-corrected chi connectivity index (χ4v) is 3.01. The molecule has 1 N–H and O–H groups in total. The summed E-state index contributed by atoms with van der Waals surface area (Å²) in [4.78, 5) is 13.7. The number of carbonyl (C=O) groups excluding carboxylic acids is 1. The molecule has 2 rings (SSSR count). The lowest BCUT2D eigenvalue weighted by Gasteiger charge is -2.21. The van der Waals surface area contributed by atoms with Gasteiger partial charge in [-0.3, -0.25) is 4.90 Å². The van der Waals surface area contributed by atoms with E-state index in [4.69, 9.17) is 14.2 Å². The number of rotatable bonds is 10. The first-order valence-corrected chi connectivity index (χ1v) is 9.68. The number of aliphatic hydroxyl groups is 1. The van der Waals surface area contributed by atoms with Crippen molar-refractivity contribution in [1.82, 2.24) is 4.90 Å². The van der Waals surface area contributed by atoms with Crippen molar-refractivity contribution in [3.05, 3.63) is 59.2 Å². The van der Waals surface area contributed by atoms with E-state index in [0.29, 0.717) is 29.5 Å². The lowest BCUT2D eigenvalue weighted by Crippen LogP contribution is -2.32. The summed E-state index contributed by atoms with van der Waals surface area (Å²) in [6.45, 7) is 5.68. The third-order valence-electron chi connectivity index (χ3n) is 4.64. The van der Waals surface area contributed by atoms with Crippen LogP contribution < -0.4 is 9.47 Å². The molecule has 1 atom stereocenters. The van der Waals surface area contributed by atoms with E-state index in [1.807, 2.05) is 7.05 Å². The first-order chi connectivity index (χ1) is 13.8. The lowest BCUT2D eigenvalue weighted by molar-refractivity contribution is 0.0599. The Hall–Kier alpha value is -2.57. The Balaban J connectivity index is 1.87. The smallest absolute Gasteiger partial charge is 0.337 e. The number of methoxy groups -OCH3 is 2. The summed E-state index contributed by atoms with van der Waals surface area (Å²) in [5, 5.41) is 10.3. The Morgan fingerprint density at radius 3 is 2.34 bits per heavy atom. The number of esters is 1. The molecule has 0 aliphatic rings. The Bertz CT molecular complexity index is 788. The zero-order valence-corrected chi connectivity index (χ0v) is 17.8. The van der Waals surface area contributed by atoms with Crippen molar-refractivity contribution in [2.75, 3.05) is 34.4 Å². The molecule has 6 heteroatoms. The van der Waals surface area contributed by atoms with Gasteiger partial charge in [-0.15, -0.1) is 0 Å². The number of benzene rings is 2. The maximum atomic E-state index is 11.6. The number of aliphatic hydroxyl groups excluding tert-OH is 1. The molecule has 0 saturated heterocycles. The molecule has 0 heterocycles. The summed E-state index contributed by atoms with van der Waals surface area (Å²) in [5.41, 5.74) is 2.89. The largest absolute Gasteiger partial charge is 0.493 e. The highest BCUT2D eigenvalue weighted by Gasteiger charge is 2.14. The molecule has 1 unspecified atom stereocenters. The average molecular weight is 402 g/mol. The molecule has 0 radical (unpaired) electrons. The molecule has 0 spiro atoms. The Morgan fingerprint density at radius 2 is 1.76 bits per heavy atom. The zero-order chi connectivity index (χ0) is 21.4. The van der Waals surface area contributed by atoms with Gasteiger partial charge in [-0.2, -0.15) is 0 Å². The topological polar surface area (TPSA) is 68.2 Å². The normalized spacial score (nSPS) is 12.1. The molecule has 158 valence electrons. The van der Waals surface area contributed by atoms with E-state index < -0.39 is 12.1 Å². The van der Waals surface area contributed by atoms with Crippen molar-refractivity contribution in [3.63, 3.8) is 0 Å². The van der Waals surface area contributed by atoms with Crippen LogP contribution in [0.2, 0.25) is 0 Å². The van der Waals surface area contributed by atoms with Gasteiger partial charge in [0.25, 0.3) is 0 Å². The first kappa shape index (κ1) is 22.7. The molecule has 6 nitrogen and oxygen atoms in total. The van der Waals surface area contributed by atoms with Gasteiger partial charge < -0.3 is 19.3 Å². The Morgan fingerprint density at radius 1 is 1.07 bits per heavy atom. The van der Waals surface area contributed by atoms with Crippen LogP contribution in [0.1, 0.15) is 41.3 Å². The quantitative estimate of drug-likeness (QED) is 0.615. The molecule has 2 aromatic rings. The van der Waals surface area contributed by atoms with Gasteiger partial charge in [-0.25, -0.2) is 4.79 Å². The monoisotopic (exact) mass is 401 g/mol. The highest BCUT2D eigenvalue weighted by Crippen LogP contribution is 2.28. The van der Waals surface area contributed by atoms with Crippen molar-refractivity contribution in [2.24, 2.45) is 0 Å². The minimum Gasteiger partial charge on any atom is -0.493 e. The minimum atomic E-state index is -0.667. The van der Waals surface area contributed by atoms with Crippen molar-refractivity contribution < 1.29 is 24.1 Å². The molecule has 0 amide bonds. The summed E-state index contributed by atoms with van der Waals surface area (Å²) in [6.07, 6.45) is -0.667. The second kappa shape index (κ2) is 10.8. The molecular formula is C23H31NO5. The van der Waals surface area contributed by atoms with Gasteiger partial charge in [-0.1, -0.05) is 38.1 Å². The Kier molecular flexibility index (Phi) is 8.49. The zero-order valence-electron chi connectivity index (χ0n) is 17.8. The standard InChI is InChI=1S/C23H31NO5/c1-16(2)18-8-6-17(7-9-18)13-24(3)14-20(25)15-29-21-11-10-19(23(26)28-5)12-22(21)27-4/h6-12,16,20,25H,13-15H2,1-5H3. The molecular weight excluding hydrogens is 370 g/mol. The summed E-state index contributed by atoms with van der Waals surface area (Å²) in [6, 6.07) is 13.3. The van der Waals surface area contributed by atoms with Crippen LogP contribution in [0.3, 0.4) is 0 Å². The van der Waals surface area contributed by atoms with Gasteiger partial charge in [0.1, 0.15) is 12.7 Å². The van der Waals surface area contributed by atoms with Gasteiger partial charge in [0.2, 0.25) is 0 Å². The minimum absolute atomic E-state index is 0.116. The van der Waals surface area contributed by atoms with Gasteiger partial charge >= 0.3 is 5.97 Å². The van der Waals surface area contributed by atoms with E-state index in [9.17, 15) is 9.90 Å². The summed E-state index contributed by atoms with van der Waals surface area (Å²) in [5.74, 6) is 0.946. The van der Waals surface area contributed by atoms with E-state index in [1.54, 1.807) is 18.2 Å².